The molecule has 0 aliphatic carbocycles. The predicted molar refractivity (Wildman–Crippen MR) is 78.8 cm³/mol. The molecule has 0 spiro atoms. The third-order valence-electron chi connectivity index (χ3n) is 2.20. The molecule has 0 aromatic rings. The van der Waals surface area contributed by atoms with E-state index in [0.29, 0.717) is 0 Å². The van der Waals surface area contributed by atoms with E-state index in [1.807, 2.05) is 25.2 Å². The molecule has 0 aromatic heterocycles. The molecule has 0 unspecified atom stereocenters. The first-order valence-electron chi connectivity index (χ1n) is 6.39. The lowest BCUT2D eigenvalue weighted by molar-refractivity contribution is 0.280. The van der Waals surface area contributed by atoms with Crippen molar-refractivity contribution in [3.63, 3.8) is 0 Å². The van der Waals surface area contributed by atoms with Crippen LogP contribution in [0.15, 0.2) is 37.0 Å². The molecule has 0 aliphatic rings. The molecule has 0 bridgehead atoms. The zero-order valence-electron chi connectivity index (χ0n) is 11.2. The summed E-state index contributed by atoms with van der Waals surface area (Å²) in [4.78, 5) is 0. The van der Waals surface area contributed by atoms with Crippen LogP contribution in [0.1, 0.15) is 39.0 Å². The summed E-state index contributed by atoms with van der Waals surface area (Å²) in [5.74, 6) is 10.6. The highest BCUT2D eigenvalue weighted by Gasteiger charge is 1.90. The molecule has 1 heteroatoms. The van der Waals surface area contributed by atoms with Gasteiger partial charge in [0.2, 0.25) is 0 Å². The van der Waals surface area contributed by atoms with E-state index in [4.69, 9.17) is 0 Å². The van der Waals surface area contributed by atoms with Crippen LogP contribution in [0, 0.1) is 23.7 Å². The first-order chi connectivity index (χ1) is 8.81. The van der Waals surface area contributed by atoms with Crippen molar-refractivity contribution >= 4 is 0 Å². The van der Waals surface area contributed by atoms with Crippen LogP contribution in [0.4, 0.5) is 0 Å². The molecule has 0 aliphatic heterocycles. The van der Waals surface area contributed by atoms with Crippen LogP contribution >= 0.6 is 0 Å². The van der Waals surface area contributed by atoms with Gasteiger partial charge in [-0.2, -0.15) is 0 Å². The van der Waals surface area contributed by atoms with Crippen molar-refractivity contribution in [3.05, 3.63) is 37.0 Å². The molecule has 0 heterocycles. The van der Waals surface area contributed by atoms with Gasteiger partial charge in [0.25, 0.3) is 0 Å². The van der Waals surface area contributed by atoms with Gasteiger partial charge in [-0.15, -0.1) is 6.58 Å². The minimum absolute atomic E-state index is 0.710. The lowest BCUT2D eigenvalue weighted by Gasteiger charge is -1.95. The van der Waals surface area contributed by atoms with E-state index in [2.05, 4.69) is 30.3 Å². The minimum atomic E-state index is -0.710. The number of unbranched alkanes of at least 4 members (excludes halogenated alkanes) is 4. The van der Waals surface area contributed by atoms with Gasteiger partial charge in [-0.3, -0.25) is 0 Å². The number of hydrogen-bond donors (Lipinski definition) is 1. The van der Waals surface area contributed by atoms with Crippen LogP contribution in [0.5, 0.6) is 0 Å². The Morgan fingerprint density at radius 2 is 1.94 bits per heavy atom. The van der Waals surface area contributed by atoms with Crippen molar-refractivity contribution in [2.24, 2.45) is 0 Å². The Balaban J connectivity index is 3.71. The summed E-state index contributed by atoms with van der Waals surface area (Å²) < 4.78 is 0. The zero-order valence-corrected chi connectivity index (χ0v) is 11.2. The van der Waals surface area contributed by atoms with Gasteiger partial charge < -0.3 is 5.11 Å². The highest BCUT2D eigenvalue weighted by atomic mass is 16.3. The van der Waals surface area contributed by atoms with Gasteiger partial charge in [0.1, 0.15) is 6.10 Å². The average Bonchev–Trinajstić information content (AvgIpc) is 2.37. The summed E-state index contributed by atoms with van der Waals surface area (Å²) in [5, 5.41) is 9.49. The molecule has 1 N–H and O–H groups in total. The molecule has 0 saturated carbocycles. The highest BCUT2D eigenvalue weighted by Crippen LogP contribution is 2.04. The number of hydrogen-bond acceptors (Lipinski definition) is 1. The molecule has 96 valence electrons. The van der Waals surface area contributed by atoms with Crippen LogP contribution < -0.4 is 0 Å². The molecule has 0 fully saturated rings. The summed E-state index contributed by atoms with van der Waals surface area (Å²) in [5.41, 5.74) is 0. The number of rotatable bonds is 7. The summed E-state index contributed by atoms with van der Waals surface area (Å²) in [7, 11) is 0. The number of aliphatic hydroxyl groups excluding tert-OH is 1. The Labute approximate surface area is 111 Å². The number of allylic oxidation sites excluding steroid dienone is 4. The Hall–Kier alpha value is -1.70. The largest absolute Gasteiger partial charge is 0.377 e. The fraction of sp³-hybridized carbons (Fsp3) is 0.412. The molecule has 0 rings (SSSR count). The molecule has 1 atom stereocenters. The third kappa shape index (κ3) is 12.4. The highest BCUT2D eigenvalue weighted by molar-refractivity contribution is 5.32. The van der Waals surface area contributed by atoms with E-state index in [-0.39, 0.29) is 0 Å². The van der Waals surface area contributed by atoms with Crippen molar-refractivity contribution in [1.82, 2.24) is 0 Å². The second kappa shape index (κ2) is 13.4. The molecular weight excluding hydrogens is 220 g/mol. The second-order valence-corrected chi connectivity index (χ2v) is 3.84. The average molecular weight is 242 g/mol. The third-order valence-corrected chi connectivity index (χ3v) is 2.20. The summed E-state index contributed by atoms with van der Waals surface area (Å²) in [6.45, 7) is 5.59. The Morgan fingerprint density at radius 1 is 1.17 bits per heavy atom. The molecule has 0 radical (unpaired) electrons. The van der Waals surface area contributed by atoms with E-state index in [1.54, 1.807) is 12.2 Å². The van der Waals surface area contributed by atoms with Crippen LogP contribution in [-0.2, 0) is 0 Å². The van der Waals surface area contributed by atoms with Crippen molar-refractivity contribution in [3.8, 4) is 23.7 Å². The maximum atomic E-state index is 9.49. The Morgan fingerprint density at radius 3 is 2.67 bits per heavy atom. The quantitative estimate of drug-likeness (QED) is 0.411. The van der Waals surface area contributed by atoms with Crippen molar-refractivity contribution in [2.45, 2.75) is 45.1 Å². The molecule has 1 nitrogen and oxygen atoms in total. The molecule has 0 amide bonds. The lowest BCUT2D eigenvalue weighted by Crippen LogP contribution is -1.96. The van der Waals surface area contributed by atoms with E-state index in [9.17, 15) is 5.11 Å². The monoisotopic (exact) mass is 242 g/mol. The zero-order chi connectivity index (χ0) is 13.5. The van der Waals surface area contributed by atoms with Gasteiger partial charge in [-0.05, 0) is 56.6 Å². The molecule has 0 saturated heterocycles. The van der Waals surface area contributed by atoms with Gasteiger partial charge in [0, 0.05) is 0 Å². The lowest BCUT2D eigenvalue weighted by atomic mass is 10.1. The Bertz CT molecular complexity index is 379. The maximum Gasteiger partial charge on any atom is 0.134 e. The van der Waals surface area contributed by atoms with Gasteiger partial charge in [0.05, 0.1) is 0 Å². The smallest absolute Gasteiger partial charge is 0.134 e. The summed E-state index contributed by atoms with van der Waals surface area (Å²) in [6.07, 6.45) is 14.1. The summed E-state index contributed by atoms with van der Waals surface area (Å²) >= 11 is 0. The molecular formula is C17H22O. The van der Waals surface area contributed by atoms with Crippen LogP contribution in [0.3, 0.4) is 0 Å². The predicted octanol–water partition coefficient (Wildman–Crippen LogP) is 3.62. The van der Waals surface area contributed by atoms with Gasteiger partial charge >= 0.3 is 0 Å². The minimum Gasteiger partial charge on any atom is -0.377 e. The fourth-order valence-electron chi connectivity index (χ4n) is 1.27. The van der Waals surface area contributed by atoms with E-state index in [0.717, 1.165) is 19.3 Å². The SMILES string of the molecule is C=CCCCCC/C=C/[C@H](O)C#CC#C/C=C/C. The van der Waals surface area contributed by atoms with Gasteiger partial charge in [-0.1, -0.05) is 36.5 Å². The summed E-state index contributed by atoms with van der Waals surface area (Å²) in [6, 6.07) is 0. The van der Waals surface area contributed by atoms with Crippen LogP contribution in [0.25, 0.3) is 0 Å². The number of aliphatic hydroxyl groups is 1. The molecule has 0 aromatic carbocycles. The van der Waals surface area contributed by atoms with E-state index in [1.165, 1.54) is 12.8 Å². The normalized spacial score (nSPS) is 11.7. The second-order valence-electron chi connectivity index (χ2n) is 3.84. The fourth-order valence-corrected chi connectivity index (χ4v) is 1.27. The van der Waals surface area contributed by atoms with Crippen molar-refractivity contribution in [1.29, 1.82) is 0 Å². The molecule has 18 heavy (non-hydrogen) atoms. The van der Waals surface area contributed by atoms with E-state index >= 15 is 0 Å². The standard InChI is InChI=1S/C17H22O/c1-3-5-7-9-10-12-14-16-17(18)15-13-11-8-6-4-2/h3-4,6,14,16-18H,1,5,7,9-10,12H2,2H3/b6-4+,16-14+/t17-/m1/s1. The first-order valence-corrected chi connectivity index (χ1v) is 6.39. The van der Waals surface area contributed by atoms with Crippen LogP contribution in [-0.4, -0.2) is 11.2 Å². The topological polar surface area (TPSA) is 20.2 Å². The van der Waals surface area contributed by atoms with E-state index < -0.39 is 6.10 Å². The first kappa shape index (κ1) is 16.3. The maximum absolute atomic E-state index is 9.49. The van der Waals surface area contributed by atoms with Crippen LogP contribution in [0.2, 0.25) is 0 Å². The van der Waals surface area contributed by atoms with Gasteiger partial charge in [0.15, 0.2) is 0 Å². The van der Waals surface area contributed by atoms with Gasteiger partial charge in [-0.25, -0.2) is 0 Å². The van der Waals surface area contributed by atoms with Crippen molar-refractivity contribution in [2.75, 3.05) is 0 Å². The Kier molecular flexibility index (Phi) is 12.1. The van der Waals surface area contributed by atoms with Crippen molar-refractivity contribution < 1.29 is 5.11 Å².